The average molecular weight is 364 g/mol. The molecule has 0 bridgehead atoms. The molecule has 21 heavy (non-hydrogen) atoms. The van der Waals surface area contributed by atoms with E-state index in [4.69, 9.17) is 5.73 Å². The minimum atomic E-state index is -4.35. The molecule has 0 aromatic heterocycles. The SMILES string of the molecule is CCC1CCC(C(N)c2ccc(Br)c(C(F)(F)F)c2)CC1. The van der Waals surface area contributed by atoms with Crippen molar-refractivity contribution in [2.75, 3.05) is 0 Å². The van der Waals surface area contributed by atoms with Crippen LogP contribution in [-0.4, -0.2) is 0 Å². The summed E-state index contributed by atoms with van der Waals surface area (Å²) in [5, 5.41) is 0. The van der Waals surface area contributed by atoms with Crippen LogP contribution in [-0.2, 0) is 6.18 Å². The van der Waals surface area contributed by atoms with E-state index >= 15 is 0 Å². The van der Waals surface area contributed by atoms with Crippen molar-refractivity contribution in [3.05, 3.63) is 33.8 Å². The predicted octanol–water partition coefficient (Wildman–Crippen LogP) is 5.68. The summed E-state index contributed by atoms with van der Waals surface area (Å²) in [7, 11) is 0. The molecule has 5 heteroatoms. The van der Waals surface area contributed by atoms with Crippen LogP contribution in [0.4, 0.5) is 13.2 Å². The summed E-state index contributed by atoms with van der Waals surface area (Å²) in [5.41, 5.74) is 6.18. The fourth-order valence-corrected chi connectivity index (χ4v) is 3.67. The lowest BCUT2D eigenvalue weighted by Gasteiger charge is -2.32. The zero-order chi connectivity index (χ0) is 15.6. The Kier molecular flexibility index (Phi) is 5.36. The van der Waals surface area contributed by atoms with E-state index in [1.807, 2.05) is 0 Å². The molecule has 118 valence electrons. The van der Waals surface area contributed by atoms with Gasteiger partial charge in [0.15, 0.2) is 0 Å². The summed E-state index contributed by atoms with van der Waals surface area (Å²) in [5.74, 6) is 1.04. The Morgan fingerprint density at radius 2 is 1.86 bits per heavy atom. The fourth-order valence-electron chi connectivity index (χ4n) is 3.20. The van der Waals surface area contributed by atoms with E-state index in [0.717, 1.165) is 31.6 Å². The molecule has 1 aliphatic carbocycles. The van der Waals surface area contributed by atoms with Crippen molar-refractivity contribution >= 4 is 15.9 Å². The van der Waals surface area contributed by atoms with E-state index < -0.39 is 11.7 Å². The highest BCUT2D eigenvalue weighted by Gasteiger charge is 2.34. The van der Waals surface area contributed by atoms with E-state index in [1.54, 1.807) is 6.07 Å². The van der Waals surface area contributed by atoms with Gasteiger partial charge in [-0.2, -0.15) is 13.2 Å². The maximum atomic E-state index is 13.0. The van der Waals surface area contributed by atoms with Crippen molar-refractivity contribution in [3.63, 3.8) is 0 Å². The van der Waals surface area contributed by atoms with Crippen LogP contribution in [0.3, 0.4) is 0 Å². The third-order valence-electron chi connectivity index (χ3n) is 4.66. The summed E-state index contributed by atoms with van der Waals surface area (Å²) in [6.45, 7) is 2.19. The first kappa shape index (κ1) is 16.8. The monoisotopic (exact) mass is 363 g/mol. The molecule has 1 unspecified atom stereocenters. The molecule has 1 saturated carbocycles. The minimum Gasteiger partial charge on any atom is -0.324 e. The minimum absolute atomic E-state index is 0.0700. The lowest BCUT2D eigenvalue weighted by molar-refractivity contribution is -0.138. The summed E-state index contributed by atoms with van der Waals surface area (Å²) < 4.78 is 39.0. The molecule has 0 spiro atoms. The quantitative estimate of drug-likeness (QED) is 0.733. The molecule has 1 aromatic carbocycles. The maximum absolute atomic E-state index is 13.0. The average Bonchev–Trinajstić information content (AvgIpc) is 2.46. The summed E-state index contributed by atoms with van der Waals surface area (Å²) in [6, 6.07) is 4.05. The molecule has 0 radical (unpaired) electrons. The smallest absolute Gasteiger partial charge is 0.324 e. The highest BCUT2D eigenvalue weighted by atomic mass is 79.9. The van der Waals surface area contributed by atoms with Gasteiger partial charge in [-0.1, -0.05) is 48.2 Å². The second-order valence-corrected chi connectivity index (χ2v) is 6.81. The third kappa shape index (κ3) is 4.01. The Morgan fingerprint density at radius 1 is 1.24 bits per heavy atom. The van der Waals surface area contributed by atoms with Crippen molar-refractivity contribution in [1.29, 1.82) is 0 Å². The lowest BCUT2D eigenvalue weighted by Crippen LogP contribution is -2.26. The number of benzene rings is 1. The molecule has 2 N–H and O–H groups in total. The zero-order valence-electron chi connectivity index (χ0n) is 12.1. The van der Waals surface area contributed by atoms with E-state index in [1.165, 1.54) is 18.6 Å². The Morgan fingerprint density at radius 3 is 2.38 bits per heavy atom. The van der Waals surface area contributed by atoms with Gasteiger partial charge in [0.2, 0.25) is 0 Å². The zero-order valence-corrected chi connectivity index (χ0v) is 13.7. The van der Waals surface area contributed by atoms with Crippen molar-refractivity contribution < 1.29 is 13.2 Å². The Hall–Kier alpha value is -0.550. The molecule has 1 nitrogen and oxygen atoms in total. The van der Waals surface area contributed by atoms with Crippen LogP contribution in [0.25, 0.3) is 0 Å². The van der Waals surface area contributed by atoms with Crippen LogP contribution in [0, 0.1) is 11.8 Å². The summed E-state index contributed by atoms with van der Waals surface area (Å²) in [6.07, 6.45) is 1.12. The first-order valence-electron chi connectivity index (χ1n) is 7.45. The molecule has 1 aromatic rings. The van der Waals surface area contributed by atoms with Gasteiger partial charge in [-0.3, -0.25) is 0 Å². The van der Waals surface area contributed by atoms with Crippen LogP contribution >= 0.6 is 15.9 Å². The molecule has 2 rings (SSSR count). The van der Waals surface area contributed by atoms with E-state index in [0.29, 0.717) is 5.56 Å². The number of halogens is 4. The maximum Gasteiger partial charge on any atom is 0.417 e. The molecule has 0 aliphatic heterocycles. The van der Waals surface area contributed by atoms with Crippen LogP contribution < -0.4 is 5.73 Å². The highest BCUT2D eigenvalue weighted by molar-refractivity contribution is 9.10. The van der Waals surface area contributed by atoms with Gasteiger partial charge in [-0.25, -0.2) is 0 Å². The largest absolute Gasteiger partial charge is 0.417 e. The Bertz CT molecular complexity index is 479. The van der Waals surface area contributed by atoms with Crippen LogP contribution in [0.15, 0.2) is 22.7 Å². The van der Waals surface area contributed by atoms with Gasteiger partial charge < -0.3 is 5.73 Å². The van der Waals surface area contributed by atoms with Gasteiger partial charge in [-0.15, -0.1) is 0 Å². The van der Waals surface area contributed by atoms with Gasteiger partial charge >= 0.3 is 6.18 Å². The standard InChI is InChI=1S/C16H21BrF3N/c1-2-10-3-5-11(6-4-10)15(21)12-7-8-14(17)13(9-12)16(18,19)20/h7-11,15H,2-6,21H2,1H3. The molecule has 0 amide bonds. The summed E-state index contributed by atoms with van der Waals surface area (Å²) >= 11 is 2.97. The molecule has 1 fully saturated rings. The second-order valence-electron chi connectivity index (χ2n) is 5.95. The van der Waals surface area contributed by atoms with Gasteiger partial charge in [0.1, 0.15) is 0 Å². The number of hydrogen-bond donors (Lipinski definition) is 1. The number of alkyl halides is 3. The predicted molar refractivity (Wildman–Crippen MR) is 81.8 cm³/mol. The fraction of sp³-hybridized carbons (Fsp3) is 0.625. The number of rotatable bonds is 3. The molecular weight excluding hydrogens is 343 g/mol. The Balaban J connectivity index is 2.15. The first-order chi connectivity index (χ1) is 9.82. The van der Waals surface area contributed by atoms with E-state index in [2.05, 4.69) is 22.9 Å². The van der Waals surface area contributed by atoms with Crippen LogP contribution in [0.1, 0.15) is 56.2 Å². The molecule has 1 aliphatic rings. The third-order valence-corrected chi connectivity index (χ3v) is 5.35. The number of nitrogens with two attached hydrogens (primary N) is 1. The lowest BCUT2D eigenvalue weighted by atomic mass is 9.76. The van der Waals surface area contributed by atoms with Gasteiger partial charge in [-0.05, 0) is 42.4 Å². The molecule has 1 atom stereocenters. The molecule has 0 heterocycles. The normalized spacial score (nSPS) is 24.9. The van der Waals surface area contributed by atoms with Crippen molar-refractivity contribution in [2.24, 2.45) is 17.6 Å². The van der Waals surface area contributed by atoms with E-state index in [9.17, 15) is 13.2 Å². The van der Waals surface area contributed by atoms with Crippen LogP contribution in [0.5, 0.6) is 0 Å². The van der Waals surface area contributed by atoms with Gasteiger partial charge in [0, 0.05) is 10.5 Å². The first-order valence-corrected chi connectivity index (χ1v) is 8.24. The molecule has 0 saturated heterocycles. The Labute approximate surface area is 132 Å². The van der Waals surface area contributed by atoms with Crippen molar-refractivity contribution in [1.82, 2.24) is 0 Å². The van der Waals surface area contributed by atoms with Gasteiger partial charge in [0.05, 0.1) is 5.56 Å². The number of hydrogen-bond acceptors (Lipinski definition) is 1. The topological polar surface area (TPSA) is 26.0 Å². The molecular formula is C16H21BrF3N. The van der Waals surface area contributed by atoms with E-state index in [-0.39, 0.29) is 16.4 Å². The highest BCUT2D eigenvalue weighted by Crippen LogP contribution is 2.40. The van der Waals surface area contributed by atoms with Crippen molar-refractivity contribution in [3.8, 4) is 0 Å². The van der Waals surface area contributed by atoms with Crippen LogP contribution in [0.2, 0.25) is 0 Å². The van der Waals surface area contributed by atoms with Crippen molar-refractivity contribution in [2.45, 2.75) is 51.2 Å². The summed E-state index contributed by atoms with van der Waals surface area (Å²) in [4.78, 5) is 0. The second kappa shape index (κ2) is 6.69. The van der Waals surface area contributed by atoms with Gasteiger partial charge in [0.25, 0.3) is 0 Å².